The van der Waals surface area contributed by atoms with Gasteiger partial charge in [0.1, 0.15) is 24.1 Å². The molecule has 1 aliphatic heterocycles. The van der Waals surface area contributed by atoms with Crippen LogP contribution in [0.15, 0.2) is 18.2 Å². The first kappa shape index (κ1) is 14.7. The summed E-state index contributed by atoms with van der Waals surface area (Å²) in [5.41, 5.74) is 0.907. The first-order valence-electron chi connectivity index (χ1n) is 7.41. The van der Waals surface area contributed by atoms with Crippen LogP contribution in [0.5, 0.6) is 11.5 Å². The summed E-state index contributed by atoms with van der Waals surface area (Å²) in [6.07, 6.45) is 2.24. The topological polar surface area (TPSA) is 84.9 Å². The molecule has 2 unspecified atom stereocenters. The fraction of sp³-hybridized carbons (Fsp3) is 0.500. The molecule has 2 N–H and O–H groups in total. The van der Waals surface area contributed by atoms with Crippen molar-refractivity contribution in [1.29, 1.82) is 0 Å². The van der Waals surface area contributed by atoms with Gasteiger partial charge in [-0.05, 0) is 48.9 Å². The minimum atomic E-state index is -0.963. The number of benzene rings is 1. The lowest BCUT2D eigenvalue weighted by Gasteiger charge is -2.26. The van der Waals surface area contributed by atoms with Gasteiger partial charge in [-0.15, -0.1) is 0 Å². The van der Waals surface area contributed by atoms with Crippen molar-refractivity contribution < 1.29 is 24.2 Å². The van der Waals surface area contributed by atoms with Crippen molar-refractivity contribution in [3.05, 3.63) is 23.8 Å². The van der Waals surface area contributed by atoms with Crippen LogP contribution in [0.1, 0.15) is 18.4 Å². The van der Waals surface area contributed by atoms with E-state index < -0.39 is 12.0 Å². The summed E-state index contributed by atoms with van der Waals surface area (Å²) in [5, 5.41) is 11.9. The zero-order valence-electron chi connectivity index (χ0n) is 12.4. The molecule has 1 fully saturated rings. The zero-order valence-corrected chi connectivity index (χ0v) is 12.4. The van der Waals surface area contributed by atoms with E-state index >= 15 is 0 Å². The molecule has 1 saturated carbocycles. The van der Waals surface area contributed by atoms with Crippen molar-refractivity contribution >= 4 is 11.9 Å². The summed E-state index contributed by atoms with van der Waals surface area (Å²) in [6.45, 7) is 0.266. The van der Waals surface area contributed by atoms with Crippen LogP contribution in [0, 0.1) is 11.8 Å². The van der Waals surface area contributed by atoms with Crippen LogP contribution in [0.4, 0.5) is 0 Å². The molecule has 2 atom stereocenters. The van der Waals surface area contributed by atoms with Crippen LogP contribution in [0.2, 0.25) is 0 Å². The molecule has 118 valence electrons. The predicted molar refractivity (Wildman–Crippen MR) is 78.0 cm³/mol. The molecular formula is C16H19NO5. The first-order chi connectivity index (χ1) is 10.6. The van der Waals surface area contributed by atoms with E-state index in [0.29, 0.717) is 12.2 Å². The molecule has 0 radical (unpaired) electrons. The van der Waals surface area contributed by atoms with Crippen LogP contribution in [-0.2, 0) is 16.0 Å². The second-order valence-corrected chi connectivity index (χ2v) is 5.85. The van der Waals surface area contributed by atoms with E-state index in [-0.39, 0.29) is 24.3 Å². The number of amides is 1. The Morgan fingerprint density at radius 1 is 1.41 bits per heavy atom. The van der Waals surface area contributed by atoms with E-state index in [2.05, 4.69) is 5.32 Å². The highest BCUT2D eigenvalue weighted by Crippen LogP contribution is 2.34. The maximum absolute atomic E-state index is 12.3. The maximum atomic E-state index is 12.3. The smallest absolute Gasteiger partial charge is 0.326 e. The Labute approximate surface area is 128 Å². The molecule has 1 heterocycles. The van der Waals surface area contributed by atoms with Gasteiger partial charge >= 0.3 is 5.97 Å². The summed E-state index contributed by atoms with van der Waals surface area (Å²) in [5.74, 6) is -0.0624. The number of carbonyl (C=O) groups is 2. The highest BCUT2D eigenvalue weighted by Gasteiger charge is 2.39. The molecule has 0 saturated heterocycles. The molecule has 0 spiro atoms. The van der Waals surface area contributed by atoms with Gasteiger partial charge in [0.05, 0.1) is 13.0 Å². The number of hydrogen-bond acceptors (Lipinski definition) is 4. The molecule has 3 rings (SSSR count). The Bertz CT molecular complexity index is 596. The van der Waals surface area contributed by atoms with E-state index in [1.807, 2.05) is 18.2 Å². The lowest BCUT2D eigenvalue weighted by molar-refractivity contribution is -0.143. The monoisotopic (exact) mass is 305 g/mol. The summed E-state index contributed by atoms with van der Waals surface area (Å²) in [7, 11) is 1.59. The highest BCUT2D eigenvalue weighted by molar-refractivity contribution is 5.86. The molecule has 0 bridgehead atoms. The fourth-order valence-electron chi connectivity index (χ4n) is 2.75. The number of aliphatic carboxylic acids is 1. The SMILES string of the molecule is COc1ccc2c(c1)CC(C(=O)NC(C(=O)O)C1CC1)CO2. The minimum Gasteiger partial charge on any atom is -0.497 e. The van der Waals surface area contributed by atoms with Gasteiger partial charge in [0, 0.05) is 0 Å². The van der Waals surface area contributed by atoms with E-state index in [4.69, 9.17) is 9.47 Å². The molecule has 0 aromatic heterocycles. The third-order valence-electron chi connectivity index (χ3n) is 4.20. The maximum Gasteiger partial charge on any atom is 0.326 e. The third kappa shape index (κ3) is 3.00. The molecule has 6 nitrogen and oxygen atoms in total. The van der Waals surface area contributed by atoms with Crippen LogP contribution >= 0.6 is 0 Å². The number of methoxy groups -OCH3 is 1. The Morgan fingerprint density at radius 2 is 2.18 bits per heavy atom. The number of carboxylic acids is 1. The van der Waals surface area contributed by atoms with Gasteiger partial charge in [-0.3, -0.25) is 4.79 Å². The largest absolute Gasteiger partial charge is 0.497 e. The van der Waals surface area contributed by atoms with Crippen molar-refractivity contribution in [2.45, 2.75) is 25.3 Å². The van der Waals surface area contributed by atoms with E-state index in [9.17, 15) is 14.7 Å². The Balaban J connectivity index is 1.67. The number of carboxylic acid groups (broad SMARTS) is 1. The highest BCUT2D eigenvalue weighted by atomic mass is 16.5. The first-order valence-corrected chi connectivity index (χ1v) is 7.41. The lowest BCUT2D eigenvalue weighted by atomic mass is 9.95. The molecule has 22 heavy (non-hydrogen) atoms. The number of carbonyl (C=O) groups excluding carboxylic acids is 1. The van der Waals surface area contributed by atoms with Crippen LogP contribution in [-0.4, -0.2) is 36.7 Å². The summed E-state index contributed by atoms with van der Waals surface area (Å²) >= 11 is 0. The number of fused-ring (bicyclic) bond motifs is 1. The zero-order chi connectivity index (χ0) is 15.7. The van der Waals surface area contributed by atoms with Gasteiger partial charge < -0.3 is 19.9 Å². The average molecular weight is 305 g/mol. The summed E-state index contributed by atoms with van der Waals surface area (Å²) < 4.78 is 10.8. The van der Waals surface area contributed by atoms with Gasteiger partial charge in [0.2, 0.25) is 5.91 Å². The molecule has 2 aliphatic rings. The molecule has 6 heteroatoms. The molecule has 1 amide bonds. The van der Waals surface area contributed by atoms with Gasteiger partial charge in [-0.25, -0.2) is 4.79 Å². The Morgan fingerprint density at radius 3 is 2.82 bits per heavy atom. The number of nitrogens with one attached hydrogen (secondary N) is 1. The molecule has 1 aliphatic carbocycles. The van der Waals surface area contributed by atoms with E-state index in [1.54, 1.807) is 7.11 Å². The normalized spacial score (nSPS) is 21.2. The molecule has 1 aromatic carbocycles. The van der Waals surface area contributed by atoms with E-state index in [0.717, 1.165) is 24.2 Å². The van der Waals surface area contributed by atoms with Gasteiger partial charge in [0.25, 0.3) is 0 Å². The van der Waals surface area contributed by atoms with Crippen LogP contribution in [0.25, 0.3) is 0 Å². The predicted octanol–water partition coefficient (Wildman–Crippen LogP) is 1.23. The van der Waals surface area contributed by atoms with Gasteiger partial charge in [-0.2, -0.15) is 0 Å². The van der Waals surface area contributed by atoms with Gasteiger partial charge in [0.15, 0.2) is 0 Å². The van der Waals surface area contributed by atoms with Crippen LogP contribution < -0.4 is 14.8 Å². The quantitative estimate of drug-likeness (QED) is 0.854. The second-order valence-electron chi connectivity index (χ2n) is 5.85. The standard InChI is InChI=1S/C16H19NO5/c1-21-12-4-5-13-10(7-12)6-11(8-22-13)15(18)17-14(16(19)20)9-2-3-9/h4-5,7,9,11,14H,2-3,6,8H2,1H3,(H,17,18)(H,19,20). The number of ether oxygens (including phenoxy) is 2. The third-order valence-corrected chi connectivity index (χ3v) is 4.20. The van der Waals surface area contributed by atoms with Crippen molar-refractivity contribution in [3.63, 3.8) is 0 Å². The lowest BCUT2D eigenvalue weighted by Crippen LogP contribution is -2.47. The Hall–Kier alpha value is -2.24. The fourth-order valence-corrected chi connectivity index (χ4v) is 2.75. The van der Waals surface area contributed by atoms with Crippen molar-refractivity contribution in [2.24, 2.45) is 11.8 Å². The van der Waals surface area contributed by atoms with E-state index in [1.165, 1.54) is 0 Å². The molecular weight excluding hydrogens is 286 g/mol. The Kier molecular flexibility index (Phi) is 3.92. The van der Waals surface area contributed by atoms with Gasteiger partial charge in [-0.1, -0.05) is 0 Å². The van der Waals surface area contributed by atoms with Crippen molar-refractivity contribution in [2.75, 3.05) is 13.7 Å². The van der Waals surface area contributed by atoms with Crippen molar-refractivity contribution in [3.8, 4) is 11.5 Å². The summed E-state index contributed by atoms with van der Waals surface area (Å²) in [4.78, 5) is 23.5. The van der Waals surface area contributed by atoms with Crippen LogP contribution in [0.3, 0.4) is 0 Å². The van der Waals surface area contributed by atoms with Crippen molar-refractivity contribution in [1.82, 2.24) is 5.32 Å². The molecule has 1 aromatic rings. The second kappa shape index (κ2) is 5.87. The summed E-state index contributed by atoms with van der Waals surface area (Å²) in [6, 6.07) is 4.71. The number of hydrogen-bond donors (Lipinski definition) is 2. The number of rotatable bonds is 5. The average Bonchev–Trinajstić information content (AvgIpc) is 3.35. The minimum absolute atomic E-state index is 0.0679.